The highest BCUT2D eigenvalue weighted by molar-refractivity contribution is 7.99. The lowest BCUT2D eigenvalue weighted by molar-refractivity contribution is 0.371. The summed E-state index contributed by atoms with van der Waals surface area (Å²) in [6, 6.07) is 0. The third-order valence-corrected chi connectivity index (χ3v) is 3.33. The number of hydrogen-bond donors (Lipinski definition) is 0. The van der Waals surface area contributed by atoms with Crippen LogP contribution in [0.15, 0.2) is 0 Å². The van der Waals surface area contributed by atoms with E-state index in [0.717, 1.165) is 0 Å². The molecule has 0 aromatic rings. The Hall–Kier alpha value is 0.310. The first-order chi connectivity index (χ1) is 5.88. The van der Waals surface area contributed by atoms with Gasteiger partial charge >= 0.3 is 0 Å². The molecule has 0 radical (unpaired) electrons. The predicted molar refractivity (Wildman–Crippen MR) is 55.8 cm³/mol. The average Bonchev–Trinajstić information content (AvgIpc) is 2.79. The van der Waals surface area contributed by atoms with Crippen molar-refractivity contribution in [3.63, 3.8) is 0 Å². The summed E-state index contributed by atoms with van der Waals surface area (Å²) in [5, 5.41) is 0. The van der Waals surface area contributed by atoms with Crippen molar-refractivity contribution >= 4 is 11.8 Å². The molecule has 0 bridgehead atoms. The fraction of sp³-hybridized carbons (Fsp3) is 1.00. The van der Waals surface area contributed by atoms with Gasteiger partial charge in [0.05, 0.1) is 12.2 Å². The fourth-order valence-electron chi connectivity index (χ4n) is 1.31. The Balaban J connectivity index is 1.83. The van der Waals surface area contributed by atoms with Crippen LogP contribution >= 0.6 is 11.8 Å². The van der Waals surface area contributed by atoms with E-state index in [0.29, 0.717) is 12.2 Å². The Kier molecular flexibility index (Phi) is 5.08. The van der Waals surface area contributed by atoms with Gasteiger partial charge in [0.2, 0.25) is 0 Å². The van der Waals surface area contributed by atoms with Gasteiger partial charge < -0.3 is 4.74 Å². The molecule has 1 rings (SSSR count). The van der Waals surface area contributed by atoms with Gasteiger partial charge in [0.1, 0.15) is 0 Å². The van der Waals surface area contributed by atoms with Crippen molar-refractivity contribution in [2.75, 3.05) is 11.5 Å². The summed E-state index contributed by atoms with van der Waals surface area (Å²) in [5.74, 6) is 2.54. The number of epoxide rings is 1. The molecule has 0 aromatic carbocycles. The van der Waals surface area contributed by atoms with Gasteiger partial charge in [-0.15, -0.1) is 0 Å². The summed E-state index contributed by atoms with van der Waals surface area (Å²) >= 11 is 2.05. The zero-order chi connectivity index (χ0) is 8.81. The van der Waals surface area contributed by atoms with Crippen molar-refractivity contribution in [2.45, 2.75) is 51.7 Å². The zero-order valence-electron chi connectivity index (χ0n) is 8.21. The third kappa shape index (κ3) is 3.81. The zero-order valence-corrected chi connectivity index (χ0v) is 9.03. The Morgan fingerprint density at radius 2 is 2.00 bits per heavy atom. The molecule has 0 aliphatic carbocycles. The minimum Gasteiger partial charge on any atom is -0.369 e. The standard InChI is InChI=1S/C10H20OS/c1-3-5-7-12-8-10-9(11-10)6-4-2/h9-10H,3-8H2,1-2H3/t9-,10-/m0/s1. The maximum absolute atomic E-state index is 5.52. The average molecular weight is 188 g/mol. The van der Waals surface area contributed by atoms with Gasteiger partial charge in [0.15, 0.2) is 0 Å². The van der Waals surface area contributed by atoms with Crippen LogP contribution in [-0.4, -0.2) is 23.7 Å². The maximum Gasteiger partial charge on any atom is 0.0931 e. The molecular formula is C10H20OS. The molecule has 1 heterocycles. The van der Waals surface area contributed by atoms with Crippen LogP contribution in [0.5, 0.6) is 0 Å². The van der Waals surface area contributed by atoms with Crippen LogP contribution in [0.25, 0.3) is 0 Å². The minimum atomic E-state index is 0.604. The van der Waals surface area contributed by atoms with Gasteiger partial charge in [-0.05, 0) is 18.6 Å². The molecule has 2 atom stereocenters. The number of hydrogen-bond acceptors (Lipinski definition) is 2. The Morgan fingerprint density at radius 3 is 2.67 bits per heavy atom. The monoisotopic (exact) mass is 188 g/mol. The second-order valence-corrected chi connectivity index (χ2v) is 4.58. The quantitative estimate of drug-likeness (QED) is 0.450. The van der Waals surface area contributed by atoms with Crippen molar-refractivity contribution in [3.8, 4) is 0 Å². The normalized spacial score (nSPS) is 27.5. The van der Waals surface area contributed by atoms with Gasteiger partial charge in [-0.1, -0.05) is 26.7 Å². The van der Waals surface area contributed by atoms with E-state index in [-0.39, 0.29) is 0 Å². The lowest BCUT2D eigenvalue weighted by Crippen LogP contribution is -1.97. The molecule has 1 fully saturated rings. The van der Waals surface area contributed by atoms with Crippen LogP contribution in [0.4, 0.5) is 0 Å². The fourth-order valence-corrected chi connectivity index (χ4v) is 2.50. The van der Waals surface area contributed by atoms with E-state index in [1.165, 1.54) is 37.2 Å². The van der Waals surface area contributed by atoms with Crippen LogP contribution < -0.4 is 0 Å². The second kappa shape index (κ2) is 5.87. The Labute approximate surface area is 80.3 Å². The smallest absolute Gasteiger partial charge is 0.0931 e. The van der Waals surface area contributed by atoms with E-state index < -0.39 is 0 Å². The summed E-state index contributed by atoms with van der Waals surface area (Å²) < 4.78 is 5.52. The topological polar surface area (TPSA) is 12.5 Å². The number of thioether (sulfide) groups is 1. The van der Waals surface area contributed by atoms with Gasteiger partial charge in [-0.25, -0.2) is 0 Å². The van der Waals surface area contributed by atoms with Gasteiger partial charge in [-0.2, -0.15) is 11.8 Å². The highest BCUT2D eigenvalue weighted by Gasteiger charge is 2.36. The van der Waals surface area contributed by atoms with Crippen LogP contribution in [0, 0.1) is 0 Å². The second-order valence-electron chi connectivity index (χ2n) is 3.43. The molecular weight excluding hydrogens is 168 g/mol. The van der Waals surface area contributed by atoms with Gasteiger partial charge in [0, 0.05) is 5.75 Å². The van der Waals surface area contributed by atoms with Crippen molar-refractivity contribution in [3.05, 3.63) is 0 Å². The first-order valence-corrected chi connectivity index (χ1v) is 6.27. The van der Waals surface area contributed by atoms with Crippen LogP contribution in [-0.2, 0) is 4.74 Å². The van der Waals surface area contributed by atoms with Crippen LogP contribution in [0.2, 0.25) is 0 Å². The highest BCUT2D eigenvalue weighted by Crippen LogP contribution is 2.29. The number of ether oxygens (including phenoxy) is 1. The Morgan fingerprint density at radius 1 is 1.17 bits per heavy atom. The number of unbranched alkanes of at least 4 members (excludes halogenated alkanes) is 1. The molecule has 0 N–H and O–H groups in total. The van der Waals surface area contributed by atoms with Gasteiger partial charge in [0.25, 0.3) is 0 Å². The first kappa shape index (κ1) is 10.4. The van der Waals surface area contributed by atoms with Crippen molar-refractivity contribution in [1.29, 1.82) is 0 Å². The van der Waals surface area contributed by atoms with Crippen LogP contribution in [0.3, 0.4) is 0 Å². The number of rotatable bonds is 7. The van der Waals surface area contributed by atoms with Crippen molar-refractivity contribution in [2.24, 2.45) is 0 Å². The lowest BCUT2D eigenvalue weighted by Gasteiger charge is -1.95. The molecule has 72 valence electrons. The minimum absolute atomic E-state index is 0.604. The van der Waals surface area contributed by atoms with E-state index in [2.05, 4.69) is 25.6 Å². The lowest BCUT2D eigenvalue weighted by atomic mass is 10.2. The van der Waals surface area contributed by atoms with Gasteiger partial charge in [-0.3, -0.25) is 0 Å². The Bertz CT molecular complexity index is 116. The molecule has 0 saturated carbocycles. The van der Waals surface area contributed by atoms with E-state index in [4.69, 9.17) is 4.74 Å². The summed E-state index contributed by atoms with van der Waals surface area (Å²) in [6.07, 6.45) is 6.42. The molecule has 1 saturated heterocycles. The molecule has 0 spiro atoms. The summed E-state index contributed by atoms with van der Waals surface area (Å²) in [5.41, 5.74) is 0. The van der Waals surface area contributed by atoms with E-state index in [9.17, 15) is 0 Å². The SMILES string of the molecule is CCCCSC[C@@H]1O[C@H]1CCC. The van der Waals surface area contributed by atoms with Crippen molar-refractivity contribution in [1.82, 2.24) is 0 Å². The largest absolute Gasteiger partial charge is 0.369 e. The van der Waals surface area contributed by atoms with E-state index in [1.54, 1.807) is 0 Å². The molecule has 0 amide bonds. The van der Waals surface area contributed by atoms with Crippen molar-refractivity contribution < 1.29 is 4.74 Å². The van der Waals surface area contributed by atoms with E-state index in [1.807, 2.05) is 0 Å². The highest BCUT2D eigenvalue weighted by atomic mass is 32.2. The predicted octanol–water partition coefficient (Wildman–Crippen LogP) is 3.09. The summed E-state index contributed by atoms with van der Waals surface area (Å²) in [4.78, 5) is 0. The van der Waals surface area contributed by atoms with E-state index >= 15 is 0 Å². The molecule has 1 aliphatic heterocycles. The van der Waals surface area contributed by atoms with Crippen LogP contribution in [0.1, 0.15) is 39.5 Å². The maximum atomic E-state index is 5.52. The summed E-state index contributed by atoms with van der Waals surface area (Å²) in [7, 11) is 0. The molecule has 12 heavy (non-hydrogen) atoms. The molecule has 0 aromatic heterocycles. The first-order valence-electron chi connectivity index (χ1n) is 5.11. The third-order valence-electron chi connectivity index (χ3n) is 2.19. The molecule has 0 unspecified atom stereocenters. The summed E-state index contributed by atoms with van der Waals surface area (Å²) in [6.45, 7) is 4.47. The molecule has 1 nitrogen and oxygen atoms in total. The molecule has 1 aliphatic rings. The molecule has 2 heteroatoms.